The summed E-state index contributed by atoms with van der Waals surface area (Å²) in [5.41, 5.74) is 0.366. The van der Waals surface area contributed by atoms with E-state index in [1.165, 1.54) is 6.42 Å². The highest BCUT2D eigenvalue weighted by Crippen LogP contribution is 2.38. The minimum absolute atomic E-state index is 0.205. The molecule has 4 heteroatoms. The molecule has 1 heterocycles. The van der Waals surface area contributed by atoms with Crippen molar-refractivity contribution in [3.63, 3.8) is 0 Å². The molecule has 2 N–H and O–H groups in total. The second-order valence-corrected chi connectivity index (χ2v) is 7.20. The number of hydrogen-bond acceptors (Lipinski definition) is 3. The number of hydrogen-bond donors (Lipinski definition) is 2. The number of rotatable bonds is 3. The van der Waals surface area contributed by atoms with E-state index in [9.17, 15) is 4.79 Å². The molecule has 110 valence electrons. The Kier molecular flexibility index (Phi) is 4.85. The van der Waals surface area contributed by atoms with E-state index in [0.29, 0.717) is 23.9 Å². The van der Waals surface area contributed by atoms with Gasteiger partial charge in [-0.25, -0.2) is 0 Å². The molecule has 2 rings (SSSR count). The van der Waals surface area contributed by atoms with Gasteiger partial charge in [-0.1, -0.05) is 20.8 Å². The predicted octanol–water partition coefficient (Wildman–Crippen LogP) is 1.22. The fourth-order valence-electron chi connectivity index (χ4n) is 3.80. The highest BCUT2D eigenvalue weighted by molar-refractivity contribution is 5.78. The van der Waals surface area contributed by atoms with Crippen molar-refractivity contribution in [3.8, 4) is 0 Å². The maximum absolute atomic E-state index is 12.1. The Morgan fingerprint density at radius 3 is 2.63 bits per heavy atom. The molecule has 0 spiro atoms. The molecule has 2 fully saturated rings. The van der Waals surface area contributed by atoms with Crippen molar-refractivity contribution < 1.29 is 4.79 Å². The first-order valence-electron chi connectivity index (χ1n) is 7.67. The fraction of sp³-hybridized carbons (Fsp3) is 0.933. The number of nitrogens with zero attached hydrogens (tertiary/aromatic N) is 1. The van der Waals surface area contributed by atoms with E-state index in [1.54, 1.807) is 0 Å². The van der Waals surface area contributed by atoms with Gasteiger partial charge in [-0.2, -0.15) is 0 Å². The lowest BCUT2D eigenvalue weighted by atomic mass is 9.70. The average molecular weight is 267 g/mol. The van der Waals surface area contributed by atoms with Crippen molar-refractivity contribution in [2.75, 3.05) is 32.7 Å². The Labute approximate surface area is 117 Å². The third-order valence-electron chi connectivity index (χ3n) is 4.33. The number of carbonyl (C=O) groups excluding carboxylic acids is 1. The van der Waals surface area contributed by atoms with Crippen LogP contribution in [-0.2, 0) is 4.79 Å². The number of amides is 1. The van der Waals surface area contributed by atoms with Crippen LogP contribution in [0.25, 0.3) is 0 Å². The van der Waals surface area contributed by atoms with E-state index < -0.39 is 0 Å². The normalized spacial score (nSPS) is 31.9. The van der Waals surface area contributed by atoms with Crippen LogP contribution in [0.5, 0.6) is 0 Å². The van der Waals surface area contributed by atoms with E-state index >= 15 is 0 Å². The SMILES string of the molecule is C[C@@H]1C[C@H](NC(=O)CN2CCNCC2)CC(C)(C)C1. The van der Waals surface area contributed by atoms with Gasteiger partial charge in [0.05, 0.1) is 6.54 Å². The standard InChI is InChI=1S/C15H29N3O/c1-12-8-13(10-15(2,3)9-12)17-14(19)11-18-6-4-16-5-7-18/h12-13,16H,4-11H2,1-3H3,(H,17,19)/t12-,13+/m1/s1. The van der Waals surface area contributed by atoms with Gasteiger partial charge < -0.3 is 10.6 Å². The van der Waals surface area contributed by atoms with E-state index in [-0.39, 0.29) is 5.91 Å². The van der Waals surface area contributed by atoms with E-state index in [2.05, 4.69) is 36.3 Å². The zero-order valence-corrected chi connectivity index (χ0v) is 12.7. The van der Waals surface area contributed by atoms with Crippen LogP contribution in [0.3, 0.4) is 0 Å². The molecule has 1 saturated heterocycles. The number of carbonyl (C=O) groups is 1. The van der Waals surface area contributed by atoms with Gasteiger partial charge in [-0.05, 0) is 30.6 Å². The van der Waals surface area contributed by atoms with E-state index in [4.69, 9.17) is 0 Å². The van der Waals surface area contributed by atoms with Gasteiger partial charge in [0.1, 0.15) is 0 Å². The van der Waals surface area contributed by atoms with E-state index in [1.807, 2.05) is 0 Å². The molecule has 4 nitrogen and oxygen atoms in total. The second-order valence-electron chi connectivity index (χ2n) is 7.20. The summed E-state index contributed by atoms with van der Waals surface area (Å²) in [7, 11) is 0. The predicted molar refractivity (Wildman–Crippen MR) is 78.0 cm³/mol. The molecule has 0 aromatic heterocycles. The largest absolute Gasteiger partial charge is 0.352 e. The van der Waals surface area contributed by atoms with Crippen molar-refractivity contribution in [1.82, 2.24) is 15.5 Å². The second kappa shape index (κ2) is 6.23. The maximum atomic E-state index is 12.1. The van der Waals surface area contributed by atoms with Crippen LogP contribution in [0.4, 0.5) is 0 Å². The molecule has 0 bridgehead atoms. The lowest BCUT2D eigenvalue weighted by Gasteiger charge is -2.39. The zero-order chi connectivity index (χ0) is 13.9. The molecule has 1 aliphatic heterocycles. The molecule has 0 radical (unpaired) electrons. The van der Waals surface area contributed by atoms with Crippen LogP contribution in [0, 0.1) is 11.3 Å². The van der Waals surface area contributed by atoms with E-state index in [0.717, 1.165) is 39.0 Å². The zero-order valence-electron chi connectivity index (χ0n) is 12.7. The molecular formula is C15H29N3O. The van der Waals surface area contributed by atoms with Crippen LogP contribution in [0.2, 0.25) is 0 Å². The molecule has 19 heavy (non-hydrogen) atoms. The fourth-order valence-corrected chi connectivity index (χ4v) is 3.80. The molecule has 0 aromatic rings. The monoisotopic (exact) mass is 267 g/mol. The van der Waals surface area contributed by atoms with Crippen molar-refractivity contribution in [3.05, 3.63) is 0 Å². The summed E-state index contributed by atoms with van der Waals surface area (Å²) in [6, 6.07) is 0.370. The van der Waals surface area contributed by atoms with Gasteiger partial charge in [-0.3, -0.25) is 9.69 Å². The summed E-state index contributed by atoms with van der Waals surface area (Å²) in [6.07, 6.45) is 3.53. The molecule has 0 unspecified atom stereocenters. The summed E-state index contributed by atoms with van der Waals surface area (Å²) >= 11 is 0. The Bertz CT molecular complexity index is 311. The van der Waals surface area contributed by atoms with Gasteiger partial charge in [0.15, 0.2) is 0 Å². The van der Waals surface area contributed by atoms with Gasteiger partial charge >= 0.3 is 0 Å². The van der Waals surface area contributed by atoms with Crippen molar-refractivity contribution >= 4 is 5.91 Å². The highest BCUT2D eigenvalue weighted by Gasteiger charge is 2.32. The van der Waals surface area contributed by atoms with Crippen molar-refractivity contribution in [2.45, 2.75) is 46.1 Å². The summed E-state index contributed by atoms with van der Waals surface area (Å²) < 4.78 is 0. The summed E-state index contributed by atoms with van der Waals surface area (Å²) in [4.78, 5) is 14.4. The van der Waals surface area contributed by atoms with Gasteiger partial charge in [0.2, 0.25) is 5.91 Å². The first-order chi connectivity index (χ1) is 8.94. The minimum atomic E-state index is 0.205. The smallest absolute Gasteiger partial charge is 0.234 e. The van der Waals surface area contributed by atoms with Gasteiger partial charge in [0.25, 0.3) is 0 Å². The van der Waals surface area contributed by atoms with Crippen LogP contribution in [-0.4, -0.2) is 49.6 Å². The maximum Gasteiger partial charge on any atom is 0.234 e. The molecule has 2 aliphatic rings. The van der Waals surface area contributed by atoms with Crippen LogP contribution >= 0.6 is 0 Å². The summed E-state index contributed by atoms with van der Waals surface area (Å²) in [5, 5.41) is 6.56. The molecule has 1 amide bonds. The topological polar surface area (TPSA) is 44.4 Å². The molecule has 1 aliphatic carbocycles. The summed E-state index contributed by atoms with van der Waals surface area (Å²) in [5.74, 6) is 0.921. The number of piperazine rings is 1. The van der Waals surface area contributed by atoms with Crippen LogP contribution in [0.1, 0.15) is 40.0 Å². The Hall–Kier alpha value is -0.610. The third kappa shape index (κ3) is 4.77. The molecule has 0 aromatic carbocycles. The van der Waals surface area contributed by atoms with Crippen LogP contribution in [0.15, 0.2) is 0 Å². The molecule has 1 saturated carbocycles. The first-order valence-corrected chi connectivity index (χ1v) is 7.67. The highest BCUT2D eigenvalue weighted by atomic mass is 16.2. The average Bonchev–Trinajstić information content (AvgIpc) is 2.26. The van der Waals surface area contributed by atoms with Crippen LogP contribution < -0.4 is 10.6 Å². The minimum Gasteiger partial charge on any atom is -0.352 e. The third-order valence-corrected chi connectivity index (χ3v) is 4.33. The van der Waals surface area contributed by atoms with Gasteiger partial charge in [0, 0.05) is 32.2 Å². The molecule has 2 atom stereocenters. The Balaban J connectivity index is 1.78. The lowest BCUT2D eigenvalue weighted by Crippen LogP contribution is -2.50. The van der Waals surface area contributed by atoms with Crippen molar-refractivity contribution in [1.29, 1.82) is 0 Å². The molecular weight excluding hydrogens is 238 g/mol. The number of nitrogens with one attached hydrogen (secondary N) is 2. The Morgan fingerprint density at radius 1 is 1.32 bits per heavy atom. The first kappa shape index (κ1) is 14.8. The lowest BCUT2D eigenvalue weighted by molar-refractivity contribution is -0.123. The quantitative estimate of drug-likeness (QED) is 0.808. The summed E-state index contributed by atoms with van der Waals surface area (Å²) in [6.45, 7) is 11.5. The van der Waals surface area contributed by atoms with Gasteiger partial charge in [-0.15, -0.1) is 0 Å². The van der Waals surface area contributed by atoms with Crippen molar-refractivity contribution in [2.24, 2.45) is 11.3 Å². The Morgan fingerprint density at radius 2 is 2.00 bits per heavy atom.